The molecule has 1 saturated carbocycles. The second-order valence-electron chi connectivity index (χ2n) is 8.75. The zero-order valence-corrected chi connectivity index (χ0v) is 17.9. The van der Waals surface area contributed by atoms with Crippen LogP contribution in [0.2, 0.25) is 0 Å². The molecule has 0 spiro atoms. The number of hydrogen-bond donors (Lipinski definition) is 1. The first-order chi connectivity index (χ1) is 14.5. The van der Waals surface area contributed by atoms with Crippen molar-refractivity contribution < 1.29 is 13.9 Å². The fourth-order valence-electron chi connectivity index (χ4n) is 5.01. The molecule has 160 valence electrons. The summed E-state index contributed by atoms with van der Waals surface area (Å²) in [5.74, 6) is 0.00335. The fraction of sp³-hybridized carbons (Fsp3) is 0.480. The third-order valence-corrected chi connectivity index (χ3v) is 6.38. The van der Waals surface area contributed by atoms with E-state index in [4.69, 9.17) is 4.74 Å². The molecule has 4 rings (SSSR count). The standard InChI is InChI=1S/C25H31FN2O2/c1-17-11-18(2)13-19(12-17)16-27-22-14-23(20-3-5-21(26)6-4-20)24(15-22)25(29)28-7-9-30-10-8-28/h3-6,11-13,22-24,27H,7-10,14-16H2,1-2H3/t22-,23+,24-/m0/s1. The first-order valence-electron chi connectivity index (χ1n) is 10.9. The number of aryl methyl sites for hydroxylation is 2. The molecule has 0 unspecified atom stereocenters. The van der Waals surface area contributed by atoms with Crippen LogP contribution in [0.5, 0.6) is 0 Å². The van der Waals surface area contributed by atoms with Crippen LogP contribution < -0.4 is 5.32 Å². The molecular formula is C25H31FN2O2. The molecule has 2 aromatic carbocycles. The summed E-state index contributed by atoms with van der Waals surface area (Å²) in [6.45, 7) is 7.56. The lowest BCUT2D eigenvalue weighted by molar-refractivity contribution is -0.140. The number of nitrogens with zero attached hydrogens (tertiary/aromatic N) is 1. The molecule has 1 N–H and O–H groups in total. The lowest BCUT2D eigenvalue weighted by Crippen LogP contribution is -2.44. The maximum Gasteiger partial charge on any atom is 0.226 e. The minimum atomic E-state index is -0.239. The number of morpholine rings is 1. The topological polar surface area (TPSA) is 41.6 Å². The van der Waals surface area contributed by atoms with Crippen molar-refractivity contribution in [1.29, 1.82) is 0 Å². The molecule has 0 bridgehead atoms. The summed E-state index contributed by atoms with van der Waals surface area (Å²) < 4.78 is 18.9. The van der Waals surface area contributed by atoms with Gasteiger partial charge in [-0.25, -0.2) is 4.39 Å². The smallest absolute Gasteiger partial charge is 0.226 e. The second kappa shape index (κ2) is 9.27. The Morgan fingerprint density at radius 1 is 1.07 bits per heavy atom. The highest BCUT2D eigenvalue weighted by molar-refractivity contribution is 5.80. The molecule has 1 aliphatic carbocycles. The van der Waals surface area contributed by atoms with E-state index in [0.29, 0.717) is 26.3 Å². The monoisotopic (exact) mass is 410 g/mol. The predicted octanol–water partition coefficient (Wildman–Crippen LogP) is 3.95. The Balaban J connectivity index is 1.49. The Morgan fingerprint density at radius 2 is 1.73 bits per heavy atom. The molecule has 2 aliphatic rings. The predicted molar refractivity (Wildman–Crippen MR) is 116 cm³/mol. The Labute approximate surface area is 178 Å². The number of carbonyl (C=O) groups excluding carboxylic acids is 1. The van der Waals surface area contributed by atoms with Gasteiger partial charge in [0, 0.05) is 31.6 Å². The Bertz CT molecular complexity index is 857. The molecule has 1 amide bonds. The molecule has 0 radical (unpaired) electrons. The Kier molecular flexibility index (Phi) is 6.49. The molecule has 1 saturated heterocycles. The zero-order chi connectivity index (χ0) is 21.1. The lowest BCUT2D eigenvalue weighted by atomic mass is 9.88. The van der Waals surface area contributed by atoms with Gasteiger partial charge in [0.2, 0.25) is 5.91 Å². The minimum Gasteiger partial charge on any atom is -0.378 e. The first kappa shape index (κ1) is 21.0. The van der Waals surface area contributed by atoms with Crippen molar-refractivity contribution >= 4 is 5.91 Å². The molecule has 0 aromatic heterocycles. The fourth-order valence-corrected chi connectivity index (χ4v) is 5.01. The van der Waals surface area contributed by atoms with Crippen LogP contribution in [0.25, 0.3) is 0 Å². The molecule has 2 aromatic rings. The van der Waals surface area contributed by atoms with Crippen molar-refractivity contribution in [1.82, 2.24) is 10.2 Å². The lowest BCUT2D eigenvalue weighted by Gasteiger charge is -2.31. The maximum absolute atomic E-state index is 13.5. The van der Waals surface area contributed by atoms with Crippen molar-refractivity contribution in [2.45, 2.75) is 45.2 Å². The summed E-state index contributed by atoms with van der Waals surface area (Å²) in [5, 5.41) is 3.68. The van der Waals surface area contributed by atoms with Crippen LogP contribution in [-0.2, 0) is 16.1 Å². The van der Waals surface area contributed by atoms with Gasteiger partial charge in [0.15, 0.2) is 0 Å². The van der Waals surface area contributed by atoms with Gasteiger partial charge in [-0.05, 0) is 55.9 Å². The van der Waals surface area contributed by atoms with Crippen LogP contribution in [0.15, 0.2) is 42.5 Å². The number of hydrogen-bond acceptors (Lipinski definition) is 3. The van der Waals surface area contributed by atoms with Gasteiger partial charge in [0.1, 0.15) is 5.82 Å². The van der Waals surface area contributed by atoms with Crippen LogP contribution in [0.1, 0.15) is 41.0 Å². The van der Waals surface area contributed by atoms with Crippen molar-refractivity contribution in [2.24, 2.45) is 5.92 Å². The van der Waals surface area contributed by atoms with E-state index in [2.05, 4.69) is 37.4 Å². The van der Waals surface area contributed by atoms with Crippen molar-refractivity contribution in [3.63, 3.8) is 0 Å². The summed E-state index contributed by atoms with van der Waals surface area (Å²) in [5.41, 5.74) is 4.86. The highest BCUT2D eigenvalue weighted by Crippen LogP contribution is 2.41. The Hall–Kier alpha value is -2.24. The van der Waals surface area contributed by atoms with E-state index in [1.165, 1.54) is 28.8 Å². The van der Waals surface area contributed by atoms with E-state index in [0.717, 1.165) is 24.9 Å². The van der Waals surface area contributed by atoms with Gasteiger partial charge in [-0.15, -0.1) is 0 Å². The molecule has 1 heterocycles. The molecule has 5 heteroatoms. The Morgan fingerprint density at radius 3 is 2.40 bits per heavy atom. The van der Waals surface area contributed by atoms with Gasteiger partial charge in [-0.2, -0.15) is 0 Å². The quantitative estimate of drug-likeness (QED) is 0.812. The van der Waals surface area contributed by atoms with Crippen LogP contribution in [-0.4, -0.2) is 43.2 Å². The molecule has 4 nitrogen and oxygen atoms in total. The number of carbonyl (C=O) groups is 1. The normalized spacial score (nSPS) is 24.2. The van der Waals surface area contributed by atoms with Gasteiger partial charge in [-0.3, -0.25) is 4.79 Å². The van der Waals surface area contributed by atoms with E-state index in [-0.39, 0.29) is 29.6 Å². The molecule has 3 atom stereocenters. The number of ether oxygens (including phenoxy) is 1. The van der Waals surface area contributed by atoms with E-state index >= 15 is 0 Å². The third-order valence-electron chi connectivity index (χ3n) is 6.38. The maximum atomic E-state index is 13.5. The summed E-state index contributed by atoms with van der Waals surface area (Å²) in [7, 11) is 0. The van der Waals surface area contributed by atoms with E-state index in [1.807, 2.05) is 17.0 Å². The molecule has 2 fully saturated rings. The van der Waals surface area contributed by atoms with Crippen LogP contribution in [0.4, 0.5) is 4.39 Å². The van der Waals surface area contributed by atoms with Gasteiger partial charge < -0.3 is 15.0 Å². The number of benzene rings is 2. The number of halogens is 1. The second-order valence-corrected chi connectivity index (χ2v) is 8.75. The van der Waals surface area contributed by atoms with Gasteiger partial charge in [0.05, 0.1) is 13.2 Å². The average molecular weight is 411 g/mol. The summed E-state index contributed by atoms with van der Waals surface area (Å²) >= 11 is 0. The summed E-state index contributed by atoms with van der Waals surface area (Å²) in [6.07, 6.45) is 1.69. The number of nitrogens with one attached hydrogen (secondary N) is 1. The zero-order valence-electron chi connectivity index (χ0n) is 17.9. The van der Waals surface area contributed by atoms with Crippen molar-refractivity contribution in [2.75, 3.05) is 26.3 Å². The summed E-state index contributed by atoms with van der Waals surface area (Å²) in [6, 6.07) is 13.5. The molecular weight excluding hydrogens is 379 g/mol. The highest BCUT2D eigenvalue weighted by Gasteiger charge is 2.41. The van der Waals surface area contributed by atoms with Gasteiger partial charge >= 0.3 is 0 Å². The summed E-state index contributed by atoms with van der Waals surface area (Å²) in [4.78, 5) is 15.3. The van der Waals surface area contributed by atoms with Crippen LogP contribution in [0.3, 0.4) is 0 Å². The van der Waals surface area contributed by atoms with Crippen molar-refractivity contribution in [3.05, 3.63) is 70.5 Å². The molecule has 30 heavy (non-hydrogen) atoms. The number of amides is 1. The van der Waals surface area contributed by atoms with E-state index < -0.39 is 0 Å². The van der Waals surface area contributed by atoms with Crippen molar-refractivity contribution in [3.8, 4) is 0 Å². The van der Waals surface area contributed by atoms with Gasteiger partial charge in [-0.1, -0.05) is 41.5 Å². The largest absolute Gasteiger partial charge is 0.378 e. The average Bonchev–Trinajstić information content (AvgIpc) is 3.16. The molecule has 1 aliphatic heterocycles. The first-order valence-corrected chi connectivity index (χ1v) is 10.9. The number of rotatable bonds is 5. The van der Waals surface area contributed by atoms with E-state index in [1.54, 1.807) is 0 Å². The van der Waals surface area contributed by atoms with Crippen LogP contribution in [0, 0.1) is 25.6 Å². The minimum absolute atomic E-state index is 0.0784. The SMILES string of the molecule is Cc1cc(C)cc(CN[C@@H]2C[C@H](C(=O)N3CCOCC3)[C@@H](c3ccc(F)cc3)C2)c1. The highest BCUT2D eigenvalue weighted by atomic mass is 19.1. The van der Waals surface area contributed by atoms with E-state index in [9.17, 15) is 9.18 Å². The van der Waals surface area contributed by atoms with Gasteiger partial charge in [0.25, 0.3) is 0 Å². The van der Waals surface area contributed by atoms with Crippen LogP contribution >= 0.6 is 0 Å². The third kappa shape index (κ3) is 4.90.